The van der Waals surface area contributed by atoms with E-state index in [4.69, 9.17) is 4.74 Å². The molecule has 0 saturated carbocycles. The predicted octanol–water partition coefficient (Wildman–Crippen LogP) is 1.39. The lowest BCUT2D eigenvalue weighted by molar-refractivity contribution is -0.140. The minimum Gasteiger partial charge on any atom is -0.372 e. The average molecular weight is 333 g/mol. The first-order valence-electron chi connectivity index (χ1n) is 7.53. The first-order valence-corrected chi connectivity index (χ1v) is 8.52. The van der Waals surface area contributed by atoms with Gasteiger partial charge in [-0.2, -0.15) is 4.68 Å². The van der Waals surface area contributed by atoms with E-state index >= 15 is 0 Å². The molecule has 0 spiro atoms. The van der Waals surface area contributed by atoms with Crippen molar-refractivity contribution in [3.8, 4) is 5.69 Å². The van der Waals surface area contributed by atoms with Crippen molar-refractivity contribution >= 4 is 17.7 Å². The standard InChI is InChI=1S/C15H19N5O2S/c1-11-8-19(9-12(2)22-11)14(21)10-23-15-16-17-18-20(15)13-6-4-3-5-7-13/h3-7,11-12H,8-10H2,1-2H3/t11-,12-/m1/s1. The van der Waals surface area contributed by atoms with Crippen LogP contribution in [0.3, 0.4) is 0 Å². The molecule has 0 aliphatic carbocycles. The van der Waals surface area contributed by atoms with Gasteiger partial charge in [0, 0.05) is 13.1 Å². The molecule has 8 heteroatoms. The van der Waals surface area contributed by atoms with E-state index in [0.29, 0.717) is 24.0 Å². The van der Waals surface area contributed by atoms with Crippen LogP contribution >= 0.6 is 11.8 Å². The number of carbonyl (C=O) groups is 1. The number of morpholine rings is 1. The van der Waals surface area contributed by atoms with E-state index in [9.17, 15) is 4.79 Å². The Kier molecular flexibility index (Phi) is 4.92. The lowest BCUT2D eigenvalue weighted by Crippen LogP contribution is -2.48. The minimum atomic E-state index is 0.0716. The second-order valence-electron chi connectivity index (χ2n) is 5.55. The van der Waals surface area contributed by atoms with Gasteiger partial charge in [0.1, 0.15) is 0 Å². The minimum absolute atomic E-state index is 0.0716. The molecule has 1 aromatic carbocycles. The molecule has 2 aromatic rings. The molecule has 1 aromatic heterocycles. The zero-order valence-electron chi connectivity index (χ0n) is 13.1. The monoisotopic (exact) mass is 333 g/mol. The van der Waals surface area contributed by atoms with Crippen molar-refractivity contribution in [1.29, 1.82) is 0 Å². The largest absolute Gasteiger partial charge is 0.372 e. The molecule has 23 heavy (non-hydrogen) atoms. The summed E-state index contributed by atoms with van der Waals surface area (Å²) in [6, 6.07) is 9.63. The number of rotatable bonds is 4. The van der Waals surface area contributed by atoms with Crippen LogP contribution in [0.15, 0.2) is 35.5 Å². The molecule has 2 heterocycles. The Bertz CT molecular complexity index is 653. The van der Waals surface area contributed by atoms with Crippen molar-refractivity contribution in [3.05, 3.63) is 30.3 Å². The molecule has 2 atom stereocenters. The highest BCUT2D eigenvalue weighted by molar-refractivity contribution is 7.99. The maximum atomic E-state index is 12.4. The molecule has 0 N–H and O–H groups in total. The van der Waals surface area contributed by atoms with Crippen LogP contribution in [0.2, 0.25) is 0 Å². The second kappa shape index (κ2) is 7.10. The zero-order chi connectivity index (χ0) is 16.2. The van der Waals surface area contributed by atoms with E-state index in [1.165, 1.54) is 11.8 Å². The van der Waals surface area contributed by atoms with E-state index in [2.05, 4.69) is 15.5 Å². The molecule has 0 bridgehead atoms. The number of para-hydroxylation sites is 1. The molecule has 1 saturated heterocycles. The summed E-state index contributed by atoms with van der Waals surface area (Å²) in [4.78, 5) is 14.3. The van der Waals surface area contributed by atoms with E-state index in [0.717, 1.165) is 5.69 Å². The van der Waals surface area contributed by atoms with Crippen LogP contribution in [0.25, 0.3) is 5.69 Å². The van der Waals surface area contributed by atoms with Gasteiger partial charge in [0.05, 0.1) is 23.6 Å². The third kappa shape index (κ3) is 3.89. The number of aromatic nitrogens is 4. The smallest absolute Gasteiger partial charge is 0.233 e. The SMILES string of the molecule is C[C@@H]1CN(C(=O)CSc2nnnn2-c2ccccc2)C[C@@H](C)O1. The Balaban J connectivity index is 1.63. The van der Waals surface area contributed by atoms with Gasteiger partial charge >= 0.3 is 0 Å². The highest BCUT2D eigenvalue weighted by Crippen LogP contribution is 2.19. The molecule has 122 valence electrons. The lowest BCUT2D eigenvalue weighted by Gasteiger charge is -2.35. The van der Waals surface area contributed by atoms with Crippen LogP contribution in [0.4, 0.5) is 0 Å². The van der Waals surface area contributed by atoms with Gasteiger partial charge in [0.15, 0.2) is 0 Å². The molecule has 0 unspecified atom stereocenters. The molecule has 1 fully saturated rings. The number of hydrogen-bond donors (Lipinski definition) is 0. The first kappa shape index (κ1) is 15.9. The van der Waals surface area contributed by atoms with Gasteiger partial charge in [-0.25, -0.2) is 0 Å². The van der Waals surface area contributed by atoms with Crippen molar-refractivity contribution in [2.45, 2.75) is 31.2 Å². The summed E-state index contributed by atoms with van der Waals surface area (Å²) >= 11 is 1.35. The van der Waals surface area contributed by atoms with Gasteiger partial charge in [0.25, 0.3) is 0 Å². The number of ether oxygens (including phenoxy) is 1. The van der Waals surface area contributed by atoms with Crippen LogP contribution < -0.4 is 0 Å². The average Bonchev–Trinajstić information content (AvgIpc) is 3.01. The van der Waals surface area contributed by atoms with Crippen LogP contribution in [0.1, 0.15) is 13.8 Å². The number of amides is 1. The highest BCUT2D eigenvalue weighted by Gasteiger charge is 2.26. The summed E-state index contributed by atoms with van der Waals surface area (Å²) in [7, 11) is 0. The fourth-order valence-electron chi connectivity index (χ4n) is 2.60. The van der Waals surface area contributed by atoms with Crippen LogP contribution in [0, 0.1) is 0 Å². The Hall–Kier alpha value is -1.93. The topological polar surface area (TPSA) is 73.1 Å². The van der Waals surface area contributed by atoms with Gasteiger partial charge < -0.3 is 9.64 Å². The zero-order valence-corrected chi connectivity index (χ0v) is 13.9. The summed E-state index contributed by atoms with van der Waals surface area (Å²) in [5, 5.41) is 12.3. The van der Waals surface area contributed by atoms with Crippen LogP contribution in [0.5, 0.6) is 0 Å². The number of benzene rings is 1. The third-order valence-electron chi connectivity index (χ3n) is 3.54. The quantitative estimate of drug-likeness (QED) is 0.787. The second-order valence-corrected chi connectivity index (χ2v) is 6.50. The Morgan fingerprint density at radius 1 is 1.26 bits per heavy atom. The molecule has 3 rings (SSSR count). The Morgan fingerprint density at radius 2 is 1.96 bits per heavy atom. The normalized spacial score (nSPS) is 21.4. The maximum Gasteiger partial charge on any atom is 0.233 e. The van der Waals surface area contributed by atoms with Crippen molar-refractivity contribution in [2.24, 2.45) is 0 Å². The number of nitrogens with zero attached hydrogens (tertiary/aromatic N) is 5. The lowest BCUT2D eigenvalue weighted by atomic mass is 10.2. The summed E-state index contributed by atoms with van der Waals surface area (Å²) in [5.74, 6) is 0.395. The van der Waals surface area contributed by atoms with Gasteiger partial charge in [0.2, 0.25) is 11.1 Å². The van der Waals surface area contributed by atoms with E-state index in [-0.39, 0.29) is 18.1 Å². The number of thioether (sulfide) groups is 1. The molecule has 1 aliphatic heterocycles. The summed E-state index contributed by atoms with van der Waals surface area (Å²) < 4.78 is 7.30. The number of hydrogen-bond acceptors (Lipinski definition) is 6. The molecule has 0 radical (unpaired) electrons. The van der Waals surface area contributed by atoms with E-state index in [1.54, 1.807) is 4.68 Å². The van der Waals surface area contributed by atoms with Crippen molar-refractivity contribution in [2.75, 3.05) is 18.8 Å². The molecule has 1 aliphatic rings. The molecular formula is C15H19N5O2S. The summed E-state index contributed by atoms with van der Waals surface area (Å²) in [6.07, 6.45) is 0.143. The third-order valence-corrected chi connectivity index (χ3v) is 4.44. The van der Waals surface area contributed by atoms with E-state index < -0.39 is 0 Å². The van der Waals surface area contributed by atoms with Gasteiger partial charge in [-0.05, 0) is 36.4 Å². The highest BCUT2D eigenvalue weighted by atomic mass is 32.2. The fourth-order valence-corrected chi connectivity index (χ4v) is 3.39. The molecule has 1 amide bonds. The van der Waals surface area contributed by atoms with Crippen LogP contribution in [-0.2, 0) is 9.53 Å². The van der Waals surface area contributed by atoms with Gasteiger partial charge in [-0.1, -0.05) is 30.0 Å². The maximum absolute atomic E-state index is 12.4. The Morgan fingerprint density at radius 3 is 2.65 bits per heavy atom. The first-order chi connectivity index (χ1) is 11.1. The summed E-state index contributed by atoms with van der Waals surface area (Å²) in [5.41, 5.74) is 0.876. The molecule has 7 nitrogen and oxygen atoms in total. The van der Waals surface area contributed by atoms with Crippen molar-refractivity contribution in [3.63, 3.8) is 0 Å². The van der Waals surface area contributed by atoms with Gasteiger partial charge in [-0.15, -0.1) is 5.10 Å². The number of tetrazole rings is 1. The number of carbonyl (C=O) groups excluding carboxylic acids is 1. The van der Waals surface area contributed by atoms with Crippen molar-refractivity contribution in [1.82, 2.24) is 25.1 Å². The predicted molar refractivity (Wildman–Crippen MR) is 86.5 cm³/mol. The molecular weight excluding hydrogens is 314 g/mol. The van der Waals surface area contributed by atoms with Crippen LogP contribution in [-0.4, -0.2) is 62.1 Å². The Labute approximate surface area is 139 Å². The van der Waals surface area contributed by atoms with Crippen molar-refractivity contribution < 1.29 is 9.53 Å². The van der Waals surface area contributed by atoms with E-state index in [1.807, 2.05) is 49.1 Å². The van der Waals surface area contributed by atoms with Gasteiger partial charge in [-0.3, -0.25) is 4.79 Å². The fraction of sp³-hybridized carbons (Fsp3) is 0.467. The summed E-state index contributed by atoms with van der Waals surface area (Å²) in [6.45, 7) is 5.23.